The zero-order valence-electron chi connectivity index (χ0n) is 10.4. The highest BCUT2D eigenvalue weighted by molar-refractivity contribution is 9.10. The van der Waals surface area contributed by atoms with Crippen LogP contribution in [0.4, 0.5) is 5.69 Å². The van der Waals surface area contributed by atoms with E-state index in [0.29, 0.717) is 23.1 Å². The Kier molecular flexibility index (Phi) is 4.26. The maximum atomic E-state index is 12.0. The number of carboxylic acids is 1. The molecule has 20 heavy (non-hydrogen) atoms. The minimum absolute atomic E-state index is 0.0428. The number of amides is 1. The third-order valence-corrected chi connectivity index (χ3v) is 3.76. The van der Waals surface area contributed by atoms with E-state index in [1.54, 1.807) is 6.07 Å². The molecular weight excluding hydrogens is 328 g/mol. The second-order valence-corrected chi connectivity index (χ2v) is 5.31. The molecule has 7 nitrogen and oxygen atoms in total. The van der Waals surface area contributed by atoms with E-state index in [1.165, 1.54) is 17.0 Å². The number of azide groups is 1. The lowest BCUT2D eigenvalue weighted by molar-refractivity contribution is -0.117. The van der Waals surface area contributed by atoms with E-state index in [9.17, 15) is 9.59 Å². The van der Waals surface area contributed by atoms with Gasteiger partial charge < -0.3 is 10.0 Å². The smallest absolute Gasteiger partial charge is 0.335 e. The fourth-order valence-corrected chi connectivity index (χ4v) is 2.60. The molecular formula is C12H11BrN4O3. The molecule has 1 aromatic carbocycles. The number of hydrogen-bond donors (Lipinski definition) is 1. The molecule has 1 N–H and O–H groups in total. The minimum Gasteiger partial charge on any atom is -0.478 e. The van der Waals surface area contributed by atoms with Gasteiger partial charge in [0, 0.05) is 28.9 Å². The Morgan fingerprint density at radius 2 is 2.35 bits per heavy atom. The van der Waals surface area contributed by atoms with Gasteiger partial charge in [-0.1, -0.05) is 5.11 Å². The Balaban J connectivity index is 2.27. The predicted molar refractivity (Wildman–Crippen MR) is 75.6 cm³/mol. The van der Waals surface area contributed by atoms with Gasteiger partial charge in [-0.2, -0.15) is 0 Å². The standard InChI is InChI=1S/C12H11BrN4O3/c13-9-2-1-8(12(19)20)4-10(9)17-6-7(3-11(17)18)5-15-16-14/h1-2,4,7H,3,5-6H2,(H,19,20). The molecule has 1 aliphatic heterocycles. The van der Waals surface area contributed by atoms with Gasteiger partial charge in [0.2, 0.25) is 5.91 Å². The van der Waals surface area contributed by atoms with E-state index < -0.39 is 5.97 Å². The summed E-state index contributed by atoms with van der Waals surface area (Å²) in [5, 5.41) is 12.5. The lowest BCUT2D eigenvalue weighted by atomic mass is 10.1. The average Bonchev–Trinajstić information content (AvgIpc) is 2.77. The van der Waals surface area contributed by atoms with Crippen molar-refractivity contribution < 1.29 is 14.7 Å². The number of rotatable bonds is 4. The van der Waals surface area contributed by atoms with Gasteiger partial charge in [-0.05, 0) is 45.6 Å². The zero-order chi connectivity index (χ0) is 14.7. The van der Waals surface area contributed by atoms with Gasteiger partial charge >= 0.3 is 5.97 Å². The van der Waals surface area contributed by atoms with Crippen LogP contribution in [0.3, 0.4) is 0 Å². The molecule has 1 aromatic rings. The first-order chi connectivity index (χ1) is 9.52. The van der Waals surface area contributed by atoms with Crippen LogP contribution < -0.4 is 4.90 Å². The highest BCUT2D eigenvalue weighted by Crippen LogP contribution is 2.32. The first-order valence-electron chi connectivity index (χ1n) is 5.87. The van der Waals surface area contributed by atoms with Crippen LogP contribution in [0, 0.1) is 5.92 Å². The van der Waals surface area contributed by atoms with E-state index in [1.807, 2.05) is 0 Å². The molecule has 0 aliphatic carbocycles. The number of aromatic carboxylic acids is 1. The van der Waals surface area contributed by atoms with Crippen LogP contribution in [0.2, 0.25) is 0 Å². The second-order valence-electron chi connectivity index (χ2n) is 4.46. The number of carboxylic acid groups (broad SMARTS) is 1. The Morgan fingerprint density at radius 1 is 1.60 bits per heavy atom. The van der Waals surface area contributed by atoms with Crippen LogP contribution in [0.1, 0.15) is 16.8 Å². The number of carbonyl (C=O) groups excluding carboxylic acids is 1. The topological polar surface area (TPSA) is 106 Å². The summed E-state index contributed by atoms with van der Waals surface area (Å²) in [6.07, 6.45) is 0.294. The highest BCUT2D eigenvalue weighted by atomic mass is 79.9. The quantitative estimate of drug-likeness (QED) is 0.518. The summed E-state index contributed by atoms with van der Waals surface area (Å²) in [4.78, 5) is 27.2. The van der Waals surface area contributed by atoms with Crippen LogP contribution in [-0.4, -0.2) is 30.1 Å². The molecule has 0 bridgehead atoms. The van der Waals surface area contributed by atoms with E-state index in [0.717, 1.165) is 0 Å². The van der Waals surface area contributed by atoms with E-state index >= 15 is 0 Å². The largest absolute Gasteiger partial charge is 0.478 e. The number of nitrogens with zero attached hydrogens (tertiary/aromatic N) is 4. The maximum absolute atomic E-state index is 12.0. The van der Waals surface area contributed by atoms with E-state index in [4.69, 9.17) is 10.6 Å². The predicted octanol–water partition coefficient (Wildman–Crippen LogP) is 2.81. The molecule has 1 unspecified atom stereocenters. The molecule has 2 rings (SSSR count). The lowest BCUT2D eigenvalue weighted by Gasteiger charge is -2.18. The van der Waals surface area contributed by atoms with E-state index in [-0.39, 0.29) is 23.9 Å². The molecule has 104 valence electrons. The molecule has 0 saturated carbocycles. The molecule has 1 aliphatic rings. The fourth-order valence-electron chi connectivity index (χ4n) is 2.14. The summed E-state index contributed by atoms with van der Waals surface area (Å²) in [7, 11) is 0. The van der Waals surface area contributed by atoms with E-state index in [2.05, 4.69) is 26.0 Å². The Hall–Kier alpha value is -2.05. The molecule has 1 atom stereocenters. The van der Waals surface area contributed by atoms with Crippen molar-refractivity contribution in [1.29, 1.82) is 0 Å². The van der Waals surface area contributed by atoms with Crippen LogP contribution in [0.5, 0.6) is 0 Å². The first kappa shape index (κ1) is 14.4. The Morgan fingerprint density at radius 3 is 3.00 bits per heavy atom. The van der Waals surface area contributed by atoms with Crippen LogP contribution >= 0.6 is 15.9 Å². The SMILES string of the molecule is [N-]=[N+]=NCC1CC(=O)N(c2cc(C(=O)O)ccc2Br)C1. The number of benzene rings is 1. The van der Waals surface area contributed by atoms with Gasteiger partial charge in [0.15, 0.2) is 0 Å². The van der Waals surface area contributed by atoms with Crippen molar-refractivity contribution in [3.8, 4) is 0 Å². The highest BCUT2D eigenvalue weighted by Gasteiger charge is 2.31. The number of halogens is 1. The summed E-state index contributed by atoms with van der Waals surface area (Å²) in [6, 6.07) is 4.53. The summed E-state index contributed by atoms with van der Waals surface area (Å²) in [5.41, 5.74) is 8.95. The van der Waals surface area contributed by atoms with Crippen molar-refractivity contribution in [2.45, 2.75) is 6.42 Å². The fraction of sp³-hybridized carbons (Fsp3) is 0.333. The normalized spacial score (nSPS) is 17.9. The van der Waals surface area contributed by atoms with Crippen LogP contribution in [0.25, 0.3) is 10.4 Å². The summed E-state index contributed by atoms with van der Waals surface area (Å²) in [5.74, 6) is -1.19. The molecule has 1 amide bonds. The summed E-state index contributed by atoms with van der Waals surface area (Å²) in [6.45, 7) is 0.675. The van der Waals surface area contributed by atoms with Gasteiger partial charge in [-0.15, -0.1) is 0 Å². The summed E-state index contributed by atoms with van der Waals surface area (Å²) >= 11 is 3.32. The van der Waals surface area contributed by atoms with Crippen molar-refractivity contribution in [1.82, 2.24) is 0 Å². The molecule has 0 aromatic heterocycles. The third-order valence-electron chi connectivity index (χ3n) is 3.09. The van der Waals surface area contributed by atoms with Gasteiger partial charge in [0.25, 0.3) is 0 Å². The van der Waals surface area contributed by atoms with Crippen molar-refractivity contribution in [2.75, 3.05) is 18.0 Å². The molecule has 1 saturated heterocycles. The van der Waals surface area contributed by atoms with Crippen LogP contribution in [-0.2, 0) is 4.79 Å². The van der Waals surface area contributed by atoms with Gasteiger partial charge in [0.1, 0.15) is 0 Å². The molecule has 1 heterocycles. The van der Waals surface area contributed by atoms with Crippen molar-refractivity contribution in [3.63, 3.8) is 0 Å². The van der Waals surface area contributed by atoms with Gasteiger partial charge in [-0.3, -0.25) is 4.79 Å². The average molecular weight is 339 g/mol. The molecule has 8 heteroatoms. The number of anilines is 1. The zero-order valence-corrected chi connectivity index (χ0v) is 11.9. The minimum atomic E-state index is -1.05. The first-order valence-corrected chi connectivity index (χ1v) is 6.66. The maximum Gasteiger partial charge on any atom is 0.335 e. The Bertz CT molecular complexity index is 613. The Labute approximate surface area is 122 Å². The molecule has 0 radical (unpaired) electrons. The van der Waals surface area contributed by atoms with Crippen molar-refractivity contribution >= 4 is 33.5 Å². The van der Waals surface area contributed by atoms with Crippen LogP contribution in [0.15, 0.2) is 27.8 Å². The number of hydrogen-bond acceptors (Lipinski definition) is 3. The molecule has 0 spiro atoms. The summed E-state index contributed by atoms with van der Waals surface area (Å²) < 4.78 is 0.653. The van der Waals surface area contributed by atoms with Gasteiger partial charge in [-0.25, -0.2) is 4.79 Å². The van der Waals surface area contributed by atoms with Crippen molar-refractivity contribution in [3.05, 3.63) is 38.7 Å². The second kappa shape index (κ2) is 5.94. The molecule has 1 fully saturated rings. The lowest BCUT2D eigenvalue weighted by Crippen LogP contribution is -2.25. The number of carbonyl (C=O) groups is 2. The van der Waals surface area contributed by atoms with Crippen molar-refractivity contribution in [2.24, 2.45) is 11.0 Å². The monoisotopic (exact) mass is 338 g/mol. The van der Waals surface area contributed by atoms with Gasteiger partial charge in [0.05, 0.1) is 11.3 Å². The third kappa shape index (κ3) is 2.92.